The number of hydrogen-bond acceptors (Lipinski definition) is 6. The number of nitrogens with zero attached hydrogens (tertiary/aromatic N) is 5. The van der Waals surface area contributed by atoms with Gasteiger partial charge in [-0.2, -0.15) is 19.5 Å². The van der Waals surface area contributed by atoms with E-state index < -0.39 is 10.0 Å². The maximum atomic E-state index is 14.1. The SMILES string of the molecule is Cc1ccc(SCC2=NN(c3ccccc3)C(=O)C2=Cc2cn(-c3ccccc3)nc2-c2cccc(S(=O)(=O)N3CCCC3)c2)cc1. The summed E-state index contributed by atoms with van der Waals surface area (Å²) in [6.07, 6.45) is 5.43. The maximum absolute atomic E-state index is 14.1. The van der Waals surface area contributed by atoms with E-state index in [0.717, 1.165) is 23.4 Å². The number of benzene rings is 4. The van der Waals surface area contributed by atoms with E-state index >= 15 is 0 Å². The van der Waals surface area contributed by atoms with Gasteiger partial charge >= 0.3 is 0 Å². The average molecular weight is 660 g/mol. The second-order valence-electron chi connectivity index (χ2n) is 11.5. The molecule has 236 valence electrons. The summed E-state index contributed by atoms with van der Waals surface area (Å²) >= 11 is 1.62. The van der Waals surface area contributed by atoms with Crippen molar-refractivity contribution in [1.29, 1.82) is 0 Å². The molecule has 1 aromatic heterocycles. The number of sulfonamides is 1. The summed E-state index contributed by atoms with van der Waals surface area (Å²) in [5, 5.41) is 11.2. The van der Waals surface area contributed by atoms with Gasteiger partial charge in [0.15, 0.2) is 0 Å². The number of aryl methyl sites for hydroxylation is 1. The van der Waals surface area contributed by atoms with Crippen molar-refractivity contribution in [1.82, 2.24) is 14.1 Å². The Morgan fingerprint density at radius 3 is 2.21 bits per heavy atom. The fourth-order valence-corrected chi connectivity index (χ4v) is 8.12. The summed E-state index contributed by atoms with van der Waals surface area (Å²) in [5.41, 5.74) is 5.69. The Bertz CT molecular complexity index is 2090. The zero-order chi connectivity index (χ0) is 32.4. The highest BCUT2D eigenvalue weighted by atomic mass is 32.2. The van der Waals surface area contributed by atoms with E-state index in [0.29, 0.717) is 52.6 Å². The largest absolute Gasteiger partial charge is 0.280 e. The third kappa shape index (κ3) is 6.44. The molecule has 2 aliphatic rings. The quantitative estimate of drug-likeness (QED) is 0.123. The van der Waals surface area contributed by atoms with Crippen LogP contribution in [0.1, 0.15) is 24.0 Å². The Labute approximate surface area is 279 Å². The van der Waals surface area contributed by atoms with Gasteiger partial charge in [-0.15, -0.1) is 11.8 Å². The van der Waals surface area contributed by atoms with Crippen LogP contribution in [0.15, 0.2) is 136 Å². The first kappa shape index (κ1) is 30.9. The van der Waals surface area contributed by atoms with Gasteiger partial charge in [-0.3, -0.25) is 4.79 Å². The number of aromatic nitrogens is 2. The molecule has 1 saturated heterocycles. The monoisotopic (exact) mass is 659 g/mol. The molecule has 0 N–H and O–H groups in total. The van der Waals surface area contributed by atoms with Crippen LogP contribution in [0.5, 0.6) is 0 Å². The highest BCUT2D eigenvalue weighted by molar-refractivity contribution is 8.00. The Hall–Kier alpha value is -4.77. The van der Waals surface area contributed by atoms with E-state index in [2.05, 4.69) is 31.2 Å². The van der Waals surface area contributed by atoms with Crippen molar-refractivity contribution in [2.45, 2.75) is 29.6 Å². The van der Waals surface area contributed by atoms with Crippen LogP contribution in [-0.4, -0.2) is 53.0 Å². The van der Waals surface area contributed by atoms with Gasteiger partial charge in [-0.25, -0.2) is 13.1 Å². The lowest BCUT2D eigenvalue weighted by molar-refractivity contribution is -0.114. The van der Waals surface area contributed by atoms with Crippen molar-refractivity contribution in [2.24, 2.45) is 5.10 Å². The molecular weight excluding hydrogens is 627 g/mol. The van der Waals surface area contributed by atoms with Crippen molar-refractivity contribution >= 4 is 45.2 Å². The van der Waals surface area contributed by atoms with E-state index in [1.807, 2.05) is 79.0 Å². The topological polar surface area (TPSA) is 87.9 Å². The first-order valence-corrected chi connectivity index (χ1v) is 17.9. The van der Waals surface area contributed by atoms with Crippen LogP contribution in [-0.2, 0) is 14.8 Å². The maximum Gasteiger partial charge on any atom is 0.280 e. The molecule has 4 aromatic carbocycles. The van der Waals surface area contributed by atoms with Gasteiger partial charge in [0, 0.05) is 41.1 Å². The molecule has 47 heavy (non-hydrogen) atoms. The molecule has 0 bridgehead atoms. The van der Waals surface area contributed by atoms with Crippen molar-refractivity contribution in [3.8, 4) is 16.9 Å². The van der Waals surface area contributed by atoms with E-state index in [4.69, 9.17) is 10.2 Å². The number of carbonyl (C=O) groups excluding carboxylic acids is 1. The Morgan fingerprint density at radius 1 is 0.830 bits per heavy atom. The van der Waals surface area contributed by atoms with E-state index in [9.17, 15) is 13.2 Å². The third-order valence-electron chi connectivity index (χ3n) is 8.23. The molecule has 0 spiro atoms. The van der Waals surface area contributed by atoms with Crippen LogP contribution in [0.4, 0.5) is 5.69 Å². The van der Waals surface area contributed by atoms with Gasteiger partial charge < -0.3 is 0 Å². The van der Waals surface area contributed by atoms with Gasteiger partial charge in [-0.05, 0) is 74.4 Å². The molecule has 0 aliphatic carbocycles. The van der Waals surface area contributed by atoms with E-state index in [1.54, 1.807) is 38.9 Å². The Morgan fingerprint density at radius 2 is 1.51 bits per heavy atom. The highest BCUT2D eigenvalue weighted by Crippen LogP contribution is 2.33. The molecule has 1 amide bonds. The summed E-state index contributed by atoms with van der Waals surface area (Å²) in [6, 6.07) is 34.3. The molecule has 0 radical (unpaired) electrons. The summed E-state index contributed by atoms with van der Waals surface area (Å²) in [4.78, 5) is 15.4. The fraction of sp³-hybridized carbons (Fsp3) is 0.162. The fourth-order valence-electron chi connectivity index (χ4n) is 5.71. The first-order valence-electron chi connectivity index (χ1n) is 15.5. The molecule has 2 aliphatic heterocycles. The smallest absolute Gasteiger partial charge is 0.267 e. The second-order valence-corrected chi connectivity index (χ2v) is 14.5. The Balaban J connectivity index is 1.32. The summed E-state index contributed by atoms with van der Waals surface area (Å²) < 4.78 is 30.3. The molecule has 7 rings (SSSR count). The molecule has 0 atom stereocenters. The molecule has 10 heteroatoms. The minimum atomic E-state index is -3.64. The lowest BCUT2D eigenvalue weighted by atomic mass is 10.0. The lowest BCUT2D eigenvalue weighted by Crippen LogP contribution is -2.27. The number of hydrogen-bond donors (Lipinski definition) is 0. The zero-order valence-corrected chi connectivity index (χ0v) is 27.5. The van der Waals surface area contributed by atoms with Crippen LogP contribution in [0, 0.1) is 6.92 Å². The predicted octanol–water partition coefficient (Wildman–Crippen LogP) is 7.21. The van der Waals surface area contributed by atoms with Crippen LogP contribution in [0.2, 0.25) is 0 Å². The molecule has 1 fully saturated rings. The molecule has 3 heterocycles. The van der Waals surface area contributed by atoms with E-state index in [-0.39, 0.29) is 10.8 Å². The molecule has 8 nitrogen and oxygen atoms in total. The number of hydrazone groups is 1. The van der Waals surface area contributed by atoms with Crippen LogP contribution in [0.3, 0.4) is 0 Å². The van der Waals surface area contributed by atoms with Crippen molar-refractivity contribution in [2.75, 3.05) is 23.9 Å². The first-order chi connectivity index (χ1) is 22.9. The van der Waals surface area contributed by atoms with Gasteiger partial charge in [0.2, 0.25) is 10.0 Å². The molecule has 0 unspecified atom stereocenters. The lowest BCUT2D eigenvalue weighted by Gasteiger charge is -2.16. The van der Waals surface area contributed by atoms with Crippen molar-refractivity contribution in [3.63, 3.8) is 0 Å². The number of carbonyl (C=O) groups is 1. The highest BCUT2D eigenvalue weighted by Gasteiger charge is 2.32. The molecule has 0 saturated carbocycles. The summed E-state index contributed by atoms with van der Waals surface area (Å²) in [6.45, 7) is 3.10. The average Bonchev–Trinajstić information content (AvgIpc) is 3.87. The van der Waals surface area contributed by atoms with Crippen molar-refractivity contribution in [3.05, 3.63) is 132 Å². The van der Waals surface area contributed by atoms with Gasteiger partial charge in [0.05, 0.1) is 27.6 Å². The molecular formula is C37H33N5O3S2. The standard InChI is InChI=1S/C37H33N5O3S2/c1-27-17-19-32(20-18-27)46-26-35-34(37(43)42(38-35)31-14-6-3-7-15-31)24-29-25-41(30-12-4-2-5-13-30)39-36(29)28-11-10-16-33(23-28)47(44,45)40-21-8-9-22-40/h2-7,10-20,23-25H,8-9,21-22,26H2,1H3. The predicted molar refractivity (Wildman–Crippen MR) is 188 cm³/mol. The van der Waals surface area contributed by atoms with Gasteiger partial charge in [-0.1, -0.05) is 66.2 Å². The third-order valence-corrected chi connectivity index (χ3v) is 11.1. The number of anilines is 1. The van der Waals surface area contributed by atoms with Gasteiger partial charge in [0.25, 0.3) is 5.91 Å². The minimum Gasteiger partial charge on any atom is -0.267 e. The normalized spacial score (nSPS) is 16.3. The van der Waals surface area contributed by atoms with Gasteiger partial charge in [0.1, 0.15) is 5.69 Å². The van der Waals surface area contributed by atoms with Crippen LogP contribution in [0.25, 0.3) is 23.0 Å². The van der Waals surface area contributed by atoms with Crippen LogP contribution < -0.4 is 5.01 Å². The zero-order valence-electron chi connectivity index (χ0n) is 25.9. The van der Waals surface area contributed by atoms with Crippen molar-refractivity contribution < 1.29 is 13.2 Å². The number of thioether (sulfide) groups is 1. The summed E-state index contributed by atoms with van der Waals surface area (Å²) in [7, 11) is -3.64. The number of amides is 1. The number of para-hydroxylation sites is 2. The molecule has 5 aromatic rings. The summed E-state index contributed by atoms with van der Waals surface area (Å²) in [5.74, 6) is 0.245. The second kappa shape index (κ2) is 13.2. The number of rotatable bonds is 9. The Kier molecular flexibility index (Phi) is 8.64. The van der Waals surface area contributed by atoms with Crippen LogP contribution >= 0.6 is 11.8 Å². The van der Waals surface area contributed by atoms with E-state index in [1.165, 1.54) is 10.6 Å². The minimum absolute atomic E-state index is 0.230.